The fourth-order valence-corrected chi connectivity index (χ4v) is 5.93. The Morgan fingerprint density at radius 2 is 1.86 bits per heavy atom. The van der Waals surface area contributed by atoms with Crippen LogP contribution in [0.5, 0.6) is 17.2 Å². The van der Waals surface area contributed by atoms with Crippen molar-refractivity contribution in [2.75, 3.05) is 53.0 Å². The Labute approximate surface area is 248 Å². The van der Waals surface area contributed by atoms with Gasteiger partial charge in [-0.1, -0.05) is 36.4 Å². The molecule has 0 aromatic heterocycles. The van der Waals surface area contributed by atoms with E-state index in [1.54, 1.807) is 7.11 Å². The summed E-state index contributed by atoms with van der Waals surface area (Å²) in [6, 6.07) is 13.3. The molecule has 42 heavy (non-hydrogen) atoms. The number of ether oxygens (including phenoxy) is 3. The lowest BCUT2D eigenvalue weighted by atomic mass is 10.1. The van der Waals surface area contributed by atoms with E-state index >= 15 is 0 Å². The van der Waals surface area contributed by atoms with Crippen molar-refractivity contribution < 1.29 is 23.8 Å². The number of carbonyl (C=O) groups excluding carboxylic acids is 2. The highest BCUT2D eigenvalue weighted by atomic mass is 16.6. The van der Waals surface area contributed by atoms with E-state index in [1.807, 2.05) is 84.3 Å². The molecule has 0 spiro atoms. The molecular formula is C33H42N4O5. The SMILES string of the molecule is C/C=C\C=C(/C)C(=O)N(Cc1cccc(OC)c1)C1CC(C(=O)N2CCNCC2)N(Cc2ccc3c(c2)OCCO3)C1. The van der Waals surface area contributed by atoms with Gasteiger partial charge in [0, 0.05) is 57.4 Å². The molecule has 2 fully saturated rings. The molecule has 5 rings (SSSR count). The molecule has 0 radical (unpaired) electrons. The number of hydrogen-bond acceptors (Lipinski definition) is 7. The fourth-order valence-electron chi connectivity index (χ4n) is 5.93. The van der Waals surface area contributed by atoms with Gasteiger partial charge < -0.3 is 29.3 Å². The number of likely N-dealkylation sites (tertiary alicyclic amines) is 1. The molecule has 2 amide bonds. The van der Waals surface area contributed by atoms with Crippen LogP contribution in [0.2, 0.25) is 0 Å². The molecule has 0 saturated carbocycles. The highest BCUT2D eigenvalue weighted by Gasteiger charge is 2.42. The first-order valence-electron chi connectivity index (χ1n) is 14.8. The smallest absolute Gasteiger partial charge is 0.250 e. The van der Waals surface area contributed by atoms with Gasteiger partial charge in [-0.05, 0) is 55.7 Å². The fraction of sp³-hybridized carbons (Fsp3) is 0.455. The molecule has 0 aliphatic carbocycles. The van der Waals surface area contributed by atoms with Crippen LogP contribution in [-0.2, 0) is 22.7 Å². The van der Waals surface area contributed by atoms with Crippen LogP contribution in [0.3, 0.4) is 0 Å². The van der Waals surface area contributed by atoms with E-state index < -0.39 is 0 Å². The highest BCUT2D eigenvalue weighted by Crippen LogP contribution is 2.33. The van der Waals surface area contributed by atoms with Crippen molar-refractivity contribution in [1.29, 1.82) is 0 Å². The van der Waals surface area contributed by atoms with E-state index in [9.17, 15) is 9.59 Å². The van der Waals surface area contributed by atoms with Crippen LogP contribution in [0.1, 0.15) is 31.4 Å². The zero-order chi connectivity index (χ0) is 29.5. The van der Waals surface area contributed by atoms with Crippen molar-refractivity contribution in [2.24, 2.45) is 0 Å². The van der Waals surface area contributed by atoms with E-state index in [-0.39, 0.29) is 23.9 Å². The predicted octanol–water partition coefficient (Wildman–Crippen LogP) is 3.39. The molecular weight excluding hydrogens is 532 g/mol. The monoisotopic (exact) mass is 574 g/mol. The molecule has 2 saturated heterocycles. The molecule has 1 N–H and O–H groups in total. The molecule has 2 unspecified atom stereocenters. The maximum absolute atomic E-state index is 14.0. The van der Waals surface area contributed by atoms with Gasteiger partial charge >= 0.3 is 0 Å². The number of methoxy groups -OCH3 is 1. The topological polar surface area (TPSA) is 83.6 Å². The van der Waals surface area contributed by atoms with Crippen molar-refractivity contribution in [3.05, 3.63) is 77.4 Å². The summed E-state index contributed by atoms with van der Waals surface area (Å²) in [5.41, 5.74) is 2.69. The lowest BCUT2D eigenvalue weighted by Gasteiger charge is -2.33. The molecule has 9 nitrogen and oxygen atoms in total. The van der Waals surface area contributed by atoms with Gasteiger partial charge in [0.05, 0.1) is 13.2 Å². The highest BCUT2D eigenvalue weighted by molar-refractivity contribution is 5.93. The summed E-state index contributed by atoms with van der Waals surface area (Å²) >= 11 is 0. The Balaban J connectivity index is 1.44. The molecule has 0 bridgehead atoms. The average molecular weight is 575 g/mol. The minimum atomic E-state index is -0.332. The molecule has 9 heteroatoms. The number of benzene rings is 2. The van der Waals surface area contributed by atoms with Crippen LogP contribution in [0.25, 0.3) is 0 Å². The van der Waals surface area contributed by atoms with Crippen LogP contribution in [-0.4, -0.2) is 91.6 Å². The first-order chi connectivity index (χ1) is 20.5. The minimum absolute atomic E-state index is 0.0320. The molecule has 224 valence electrons. The summed E-state index contributed by atoms with van der Waals surface area (Å²) in [5, 5.41) is 3.34. The Morgan fingerprint density at radius 1 is 1.07 bits per heavy atom. The Kier molecular flexibility index (Phi) is 9.81. The van der Waals surface area contributed by atoms with E-state index in [1.165, 1.54) is 0 Å². The first kappa shape index (κ1) is 29.7. The molecule has 2 aromatic rings. The first-order valence-corrected chi connectivity index (χ1v) is 14.8. The lowest BCUT2D eigenvalue weighted by molar-refractivity contribution is -0.137. The molecule has 3 aliphatic rings. The molecule has 2 atom stereocenters. The van der Waals surface area contributed by atoms with Gasteiger partial charge in [-0.15, -0.1) is 0 Å². The number of rotatable bonds is 9. The number of fused-ring (bicyclic) bond motifs is 1. The third-order valence-electron chi connectivity index (χ3n) is 8.15. The summed E-state index contributed by atoms with van der Waals surface area (Å²) in [7, 11) is 1.64. The maximum atomic E-state index is 14.0. The number of allylic oxidation sites excluding steroid dienone is 3. The van der Waals surface area contributed by atoms with Crippen molar-refractivity contribution >= 4 is 11.8 Å². The van der Waals surface area contributed by atoms with Crippen molar-refractivity contribution in [2.45, 2.75) is 45.4 Å². The molecule has 3 aliphatic heterocycles. The maximum Gasteiger partial charge on any atom is 0.250 e. The Morgan fingerprint density at radius 3 is 2.62 bits per heavy atom. The van der Waals surface area contributed by atoms with Gasteiger partial charge in [-0.2, -0.15) is 0 Å². The second kappa shape index (κ2) is 13.9. The van der Waals surface area contributed by atoms with Gasteiger partial charge in [-0.3, -0.25) is 14.5 Å². The van der Waals surface area contributed by atoms with Crippen LogP contribution >= 0.6 is 0 Å². The standard InChI is InChI=1S/C33H42N4O5/c1-4-5-7-24(2)32(38)37(22-25-8-6-9-28(18-25)40-3)27-20-29(33(39)35-14-12-34-13-15-35)36(23-27)21-26-10-11-30-31(19-26)42-17-16-41-30/h4-11,18-19,27,29,34H,12-17,20-23H2,1-3H3/b5-4-,24-7+. The predicted molar refractivity (Wildman–Crippen MR) is 162 cm³/mol. The third kappa shape index (κ3) is 6.97. The average Bonchev–Trinajstić information content (AvgIpc) is 3.45. The van der Waals surface area contributed by atoms with Crippen molar-refractivity contribution in [3.63, 3.8) is 0 Å². The molecule has 2 aromatic carbocycles. The number of carbonyl (C=O) groups is 2. The van der Waals surface area contributed by atoms with Gasteiger partial charge in [0.1, 0.15) is 19.0 Å². The minimum Gasteiger partial charge on any atom is -0.497 e. The largest absolute Gasteiger partial charge is 0.497 e. The number of amides is 2. The van der Waals surface area contributed by atoms with Crippen LogP contribution in [0.4, 0.5) is 0 Å². The second-order valence-corrected chi connectivity index (χ2v) is 11.0. The Hall–Kier alpha value is -3.82. The summed E-state index contributed by atoms with van der Waals surface area (Å²) in [6.07, 6.45) is 6.22. The van der Waals surface area contributed by atoms with Gasteiger partial charge in [-0.25, -0.2) is 0 Å². The zero-order valence-electron chi connectivity index (χ0n) is 24.9. The third-order valence-corrected chi connectivity index (χ3v) is 8.15. The summed E-state index contributed by atoms with van der Waals surface area (Å²) in [4.78, 5) is 34.0. The van der Waals surface area contributed by atoms with Crippen LogP contribution < -0.4 is 19.5 Å². The van der Waals surface area contributed by atoms with Gasteiger partial charge in [0.2, 0.25) is 11.8 Å². The lowest BCUT2D eigenvalue weighted by Crippen LogP contribution is -2.52. The number of piperazine rings is 1. The van der Waals surface area contributed by atoms with E-state index in [0.29, 0.717) is 57.9 Å². The number of hydrogen-bond donors (Lipinski definition) is 1. The van der Waals surface area contributed by atoms with E-state index in [0.717, 1.165) is 41.5 Å². The number of nitrogens with zero attached hydrogens (tertiary/aromatic N) is 3. The normalized spacial score (nSPS) is 21.0. The zero-order valence-corrected chi connectivity index (χ0v) is 24.9. The van der Waals surface area contributed by atoms with E-state index in [2.05, 4.69) is 10.2 Å². The summed E-state index contributed by atoms with van der Waals surface area (Å²) in [5.74, 6) is 2.33. The second-order valence-electron chi connectivity index (χ2n) is 11.0. The van der Waals surface area contributed by atoms with Crippen LogP contribution in [0, 0.1) is 0 Å². The van der Waals surface area contributed by atoms with Crippen molar-refractivity contribution in [1.82, 2.24) is 20.0 Å². The summed E-state index contributed by atoms with van der Waals surface area (Å²) < 4.78 is 17.0. The summed E-state index contributed by atoms with van der Waals surface area (Å²) in [6.45, 7) is 9.40. The van der Waals surface area contributed by atoms with Gasteiger partial charge in [0.25, 0.3) is 0 Å². The quantitative estimate of drug-likeness (QED) is 0.363. The number of nitrogens with one attached hydrogen (secondary N) is 1. The molecule has 3 heterocycles. The van der Waals surface area contributed by atoms with E-state index in [4.69, 9.17) is 14.2 Å². The van der Waals surface area contributed by atoms with Crippen molar-refractivity contribution in [3.8, 4) is 17.2 Å². The van der Waals surface area contributed by atoms with Crippen LogP contribution in [0.15, 0.2) is 66.3 Å². The van der Waals surface area contributed by atoms with Gasteiger partial charge in [0.15, 0.2) is 11.5 Å². The Bertz CT molecular complexity index is 1320.